The van der Waals surface area contributed by atoms with Gasteiger partial charge in [0, 0.05) is 13.2 Å². The summed E-state index contributed by atoms with van der Waals surface area (Å²) >= 11 is 0. The average Bonchev–Trinajstić information content (AvgIpc) is 2.69. The zero-order valence-electron chi connectivity index (χ0n) is 19.2. The molecule has 0 radical (unpaired) electrons. The van der Waals surface area contributed by atoms with Crippen molar-refractivity contribution < 1.29 is 9.47 Å². The van der Waals surface area contributed by atoms with E-state index in [1.165, 1.54) is 103 Å². The van der Waals surface area contributed by atoms with Crippen molar-refractivity contribution in [2.75, 3.05) is 19.8 Å². The molecule has 0 aromatic heterocycles. The third-order valence-electron chi connectivity index (χ3n) is 5.50. The first kappa shape index (κ1) is 26.9. The van der Waals surface area contributed by atoms with Gasteiger partial charge in [0.2, 0.25) is 0 Å². The molecule has 0 saturated heterocycles. The van der Waals surface area contributed by atoms with Gasteiger partial charge in [-0.25, -0.2) is 0 Å². The monoisotopic (exact) mass is 384 g/mol. The van der Waals surface area contributed by atoms with E-state index in [1.807, 2.05) is 0 Å². The van der Waals surface area contributed by atoms with Crippen LogP contribution in [-0.2, 0) is 9.47 Å². The highest BCUT2D eigenvalue weighted by molar-refractivity contribution is 4.54. The molecule has 0 fully saturated rings. The lowest BCUT2D eigenvalue weighted by Crippen LogP contribution is -2.20. The number of unbranched alkanes of at least 4 members (excludes halogenated alkanes) is 15. The molecule has 0 saturated carbocycles. The molecule has 0 aromatic rings. The van der Waals surface area contributed by atoms with E-state index in [0.29, 0.717) is 6.10 Å². The van der Waals surface area contributed by atoms with E-state index in [9.17, 15) is 0 Å². The maximum Gasteiger partial charge on any atom is 0.0805 e. The lowest BCUT2D eigenvalue weighted by atomic mass is 10.0. The molecule has 0 rings (SSSR count). The quantitative estimate of drug-likeness (QED) is 0.164. The Kier molecular flexibility index (Phi) is 23.9. The van der Waals surface area contributed by atoms with Crippen molar-refractivity contribution in [3.05, 3.63) is 0 Å². The van der Waals surface area contributed by atoms with Crippen molar-refractivity contribution >= 4 is 0 Å². The molecular weight excluding hydrogens is 332 g/mol. The van der Waals surface area contributed by atoms with Gasteiger partial charge in [-0.2, -0.15) is 0 Å². The van der Waals surface area contributed by atoms with E-state index in [2.05, 4.69) is 20.8 Å². The Hall–Kier alpha value is -0.0800. The van der Waals surface area contributed by atoms with Crippen molar-refractivity contribution in [3.63, 3.8) is 0 Å². The van der Waals surface area contributed by atoms with Crippen molar-refractivity contribution in [1.29, 1.82) is 0 Å². The lowest BCUT2D eigenvalue weighted by Gasteiger charge is -2.16. The SMILES string of the molecule is CCCCCCCCCCCCCCCCCOCC(CC)OCCCC. The van der Waals surface area contributed by atoms with Crippen LogP contribution in [0.2, 0.25) is 0 Å². The van der Waals surface area contributed by atoms with Gasteiger partial charge in [-0.3, -0.25) is 0 Å². The summed E-state index contributed by atoms with van der Waals surface area (Å²) in [5, 5.41) is 0. The first-order valence-electron chi connectivity index (χ1n) is 12.5. The second-order valence-electron chi connectivity index (χ2n) is 8.28. The Morgan fingerprint density at radius 2 is 0.926 bits per heavy atom. The van der Waals surface area contributed by atoms with E-state index < -0.39 is 0 Å². The molecule has 27 heavy (non-hydrogen) atoms. The van der Waals surface area contributed by atoms with Crippen LogP contribution in [0.25, 0.3) is 0 Å². The van der Waals surface area contributed by atoms with Crippen molar-refractivity contribution in [2.45, 2.75) is 142 Å². The molecule has 0 heterocycles. The van der Waals surface area contributed by atoms with Crippen LogP contribution in [0, 0.1) is 0 Å². The Morgan fingerprint density at radius 1 is 0.481 bits per heavy atom. The summed E-state index contributed by atoms with van der Waals surface area (Å²) in [6, 6.07) is 0. The second-order valence-corrected chi connectivity index (χ2v) is 8.28. The largest absolute Gasteiger partial charge is 0.379 e. The maximum atomic E-state index is 5.84. The minimum absolute atomic E-state index is 0.299. The fourth-order valence-corrected chi connectivity index (χ4v) is 3.47. The van der Waals surface area contributed by atoms with Crippen LogP contribution in [0.5, 0.6) is 0 Å². The molecule has 1 unspecified atom stereocenters. The van der Waals surface area contributed by atoms with Gasteiger partial charge < -0.3 is 9.47 Å². The third kappa shape index (κ3) is 22.1. The molecule has 0 amide bonds. The molecule has 0 N–H and O–H groups in total. The summed E-state index contributed by atoms with van der Waals surface area (Å²) in [7, 11) is 0. The number of hydrogen-bond donors (Lipinski definition) is 0. The zero-order valence-corrected chi connectivity index (χ0v) is 19.2. The fourth-order valence-electron chi connectivity index (χ4n) is 3.47. The minimum atomic E-state index is 0.299. The van der Waals surface area contributed by atoms with Crippen LogP contribution in [0.4, 0.5) is 0 Å². The summed E-state index contributed by atoms with van der Waals surface area (Å²) in [5.41, 5.74) is 0. The van der Waals surface area contributed by atoms with Gasteiger partial charge >= 0.3 is 0 Å². The predicted molar refractivity (Wildman–Crippen MR) is 121 cm³/mol. The van der Waals surface area contributed by atoms with E-state index in [1.54, 1.807) is 0 Å². The topological polar surface area (TPSA) is 18.5 Å². The zero-order chi connectivity index (χ0) is 19.8. The molecule has 0 aliphatic carbocycles. The van der Waals surface area contributed by atoms with Crippen molar-refractivity contribution in [1.82, 2.24) is 0 Å². The highest BCUT2D eigenvalue weighted by Gasteiger charge is 2.05. The van der Waals surface area contributed by atoms with E-state index >= 15 is 0 Å². The van der Waals surface area contributed by atoms with E-state index in [-0.39, 0.29) is 0 Å². The molecule has 0 spiro atoms. The summed E-state index contributed by atoms with van der Waals surface area (Å²) in [6.45, 7) is 9.26. The van der Waals surface area contributed by atoms with Gasteiger partial charge in [0.25, 0.3) is 0 Å². The van der Waals surface area contributed by atoms with E-state index in [0.717, 1.165) is 32.7 Å². The van der Waals surface area contributed by atoms with Gasteiger partial charge in [-0.15, -0.1) is 0 Å². The van der Waals surface area contributed by atoms with Gasteiger partial charge in [0.1, 0.15) is 0 Å². The molecule has 0 bridgehead atoms. The summed E-state index contributed by atoms with van der Waals surface area (Å²) in [4.78, 5) is 0. The molecule has 0 aliphatic heterocycles. The number of hydrogen-bond acceptors (Lipinski definition) is 2. The number of rotatable bonds is 23. The Morgan fingerprint density at radius 3 is 1.37 bits per heavy atom. The van der Waals surface area contributed by atoms with Crippen molar-refractivity contribution in [3.8, 4) is 0 Å². The number of ether oxygens (including phenoxy) is 2. The maximum absolute atomic E-state index is 5.84. The standard InChI is InChI=1S/C25H52O2/c1-4-7-9-10-11-12-13-14-15-16-17-18-19-20-21-22-26-24-25(6-3)27-23-8-5-2/h25H,4-24H2,1-3H3. The summed E-state index contributed by atoms with van der Waals surface area (Å²) in [6.07, 6.45) is 24.9. The van der Waals surface area contributed by atoms with Crippen LogP contribution in [-0.4, -0.2) is 25.9 Å². The first-order valence-corrected chi connectivity index (χ1v) is 12.5. The van der Waals surface area contributed by atoms with Gasteiger partial charge in [0.05, 0.1) is 12.7 Å². The van der Waals surface area contributed by atoms with Crippen LogP contribution < -0.4 is 0 Å². The Bertz CT molecular complexity index is 255. The Labute approximate surface area is 172 Å². The summed E-state index contributed by atoms with van der Waals surface area (Å²) < 4.78 is 11.6. The molecule has 0 aromatic carbocycles. The molecule has 0 aliphatic rings. The second kappa shape index (κ2) is 24.0. The van der Waals surface area contributed by atoms with Gasteiger partial charge in [-0.1, -0.05) is 117 Å². The lowest BCUT2D eigenvalue weighted by molar-refractivity contribution is -0.0197. The molecule has 2 nitrogen and oxygen atoms in total. The van der Waals surface area contributed by atoms with E-state index in [4.69, 9.17) is 9.47 Å². The molecule has 2 heteroatoms. The summed E-state index contributed by atoms with van der Waals surface area (Å²) in [5.74, 6) is 0. The molecular formula is C25H52O2. The van der Waals surface area contributed by atoms with Gasteiger partial charge in [0.15, 0.2) is 0 Å². The molecule has 1 atom stereocenters. The highest BCUT2D eigenvalue weighted by Crippen LogP contribution is 2.13. The fraction of sp³-hybridized carbons (Fsp3) is 1.00. The average molecular weight is 385 g/mol. The predicted octanol–water partition coefficient (Wildman–Crippen LogP) is 8.47. The van der Waals surface area contributed by atoms with Crippen LogP contribution in [0.3, 0.4) is 0 Å². The Balaban J connectivity index is 3.14. The van der Waals surface area contributed by atoms with Crippen LogP contribution in [0.1, 0.15) is 136 Å². The van der Waals surface area contributed by atoms with Crippen LogP contribution in [0.15, 0.2) is 0 Å². The third-order valence-corrected chi connectivity index (χ3v) is 5.50. The first-order chi connectivity index (χ1) is 13.3. The smallest absolute Gasteiger partial charge is 0.0805 e. The minimum Gasteiger partial charge on any atom is -0.379 e. The van der Waals surface area contributed by atoms with Crippen LogP contribution >= 0.6 is 0 Å². The van der Waals surface area contributed by atoms with Crippen molar-refractivity contribution in [2.24, 2.45) is 0 Å². The molecule has 164 valence electrons. The van der Waals surface area contributed by atoms with Gasteiger partial charge in [-0.05, 0) is 19.3 Å². The normalized spacial score (nSPS) is 12.6. The highest BCUT2D eigenvalue weighted by atomic mass is 16.5.